The van der Waals surface area contributed by atoms with Crippen molar-refractivity contribution in [2.75, 3.05) is 0 Å². The van der Waals surface area contributed by atoms with Gasteiger partial charge in [0, 0.05) is 83.6 Å². The third kappa shape index (κ3) is 7.51. The molecule has 0 spiro atoms. The van der Waals surface area contributed by atoms with E-state index in [2.05, 4.69) is 251 Å². The molecule has 0 N–H and O–H groups in total. The fourth-order valence-electron chi connectivity index (χ4n) is 12.3. The SMILES string of the molecule is Brc1cccc2c1sc1ccc(-c3cccc4c3oc3ccccc34)cc12.c1ccc2c(c1)Cc1ccccc1-2.c1ccc2c(c1)oc1c(-c3ccc4sc5c(-n6c7ccccc7c7ccccc76)cccc5c4c3)cccc12. The highest BCUT2D eigenvalue weighted by Crippen LogP contribution is 2.45. The van der Waals surface area contributed by atoms with Crippen molar-refractivity contribution in [2.45, 2.75) is 6.42 Å². The van der Waals surface area contributed by atoms with Crippen LogP contribution < -0.4 is 0 Å². The third-order valence-electron chi connectivity index (χ3n) is 15.9. The number of fused-ring (bicyclic) bond motifs is 18. The van der Waals surface area contributed by atoms with Gasteiger partial charge in [-0.1, -0.05) is 194 Å². The van der Waals surface area contributed by atoms with E-state index in [-0.39, 0.29) is 0 Å². The number of halogens is 1. The Kier molecular flexibility index (Phi) is 10.8. The van der Waals surface area contributed by atoms with Crippen LogP contribution in [0.5, 0.6) is 0 Å². The maximum Gasteiger partial charge on any atom is 0.143 e. The van der Waals surface area contributed by atoms with Gasteiger partial charge in [0.2, 0.25) is 0 Å². The second-order valence-corrected chi connectivity index (χ2v) is 23.3. The zero-order valence-electron chi connectivity index (χ0n) is 42.4. The van der Waals surface area contributed by atoms with E-state index >= 15 is 0 Å². The predicted molar refractivity (Wildman–Crippen MR) is 341 cm³/mol. The van der Waals surface area contributed by atoms with Crippen molar-refractivity contribution in [3.8, 4) is 39.1 Å². The van der Waals surface area contributed by atoms with Crippen LogP contribution >= 0.6 is 38.6 Å². The molecule has 3 nitrogen and oxygen atoms in total. The summed E-state index contributed by atoms with van der Waals surface area (Å²) in [5, 5.41) is 12.4. The van der Waals surface area contributed by atoms with Gasteiger partial charge >= 0.3 is 0 Å². The molecule has 0 saturated heterocycles. The van der Waals surface area contributed by atoms with Gasteiger partial charge in [-0.3, -0.25) is 0 Å². The van der Waals surface area contributed by atoms with E-state index < -0.39 is 0 Å². The van der Waals surface area contributed by atoms with Crippen molar-refractivity contribution >= 4 is 145 Å². The molecule has 0 atom stereocenters. The normalized spacial score (nSPS) is 12.1. The van der Waals surface area contributed by atoms with Gasteiger partial charge in [-0.2, -0.15) is 0 Å². The summed E-state index contributed by atoms with van der Waals surface area (Å²) in [4.78, 5) is 0. The van der Waals surface area contributed by atoms with Gasteiger partial charge in [-0.25, -0.2) is 0 Å². The molecule has 5 heterocycles. The summed E-state index contributed by atoms with van der Waals surface area (Å²) >= 11 is 7.39. The first-order valence-electron chi connectivity index (χ1n) is 26.6. The lowest BCUT2D eigenvalue weighted by Gasteiger charge is -2.09. The zero-order chi connectivity index (χ0) is 52.1. The number of aromatic nitrogens is 1. The summed E-state index contributed by atoms with van der Waals surface area (Å²) in [5.41, 5.74) is 17.9. The quantitative estimate of drug-likeness (QED) is 0.177. The minimum atomic E-state index is 0.929. The number of furan rings is 2. The van der Waals surface area contributed by atoms with Crippen molar-refractivity contribution in [2.24, 2.45) is 0 Å². The largest absolute Gasteiger partial charge is 0.455 e. The molecule has 0 aliphatic heterocycles. The Hall–Kier alpha value is -9.04. The van der Waals surface area contributed by atoms with Gasteiger partial charge in [-0.05, 0) is 116 Å². The number of hydrogen-bond acceptors (Lipinski definition) is 4. The maximum atomic E-state index is 6.37. The maximum absolute atomic E-state index is 6.37. The molecule has 0 saturated carbocycles. The van der Waals surface area contributed by atoms with Crippen LogP contribution in [-0.2, 0) is 6.42 Å². The van der Waals surface area contributed by atoms with Crippen LogP contribution in [0.25, 0.3) is 145 Å². The standard InChI is InChI=1S/C36H21NOS.C24H13BrOS.C13H10/c1-4-15-30-24(9-1)25-10-2-5-16-31(25)37(30)32-17-8-14-28-29-21-22(19-20-34(29)39-36(28)32)23-12-7-13-27-26-11-3-6-18-33(26)38-35(23)27;25-20-9-4-8-18-19-13-14(11-12-22(19)27-24(18)20)15-6-3-7-17-16-5-1-2-10-21(16)26-23(15)17;1-3-7-12-10(5-1)9-11-6-2-4-8-13(11)12/h1-21H;1-13H;1-8H,9H2. The zero-order valence-corrected chi connectivity index (χ0v) is 45.6. The molecule has 17 aromatic rings. The lowest BCUT2D eigenvalue weighted by molar-refractivity contribution is 0.669. The minimum absolute atomic E-state index is 0.929. The summed E-state index contributed by atoms with van der Waals surface area (Å²) in [6, 6.07) is 90.8. The van der Waals surface area contributed by atoms with Gasteiger partial charge in [0.15, 0.2) is 0 Å². The summed E-state index contributed by atoms with van der Waals surface area (Å²) in [6.07, 6.45) is 1.10. The van der Waals surface area contributed by atoms with Gasteiger partial charge in [-0.15, -0.1) is 22.7 Å². The van der Waals surface area contributed by atoms with Crippen molar-refractivity contribution in [1.29, 1.82) is 0 Å². The number of rotatable bonds is 3. The highest BCUT2D eigenvalue weighted by Gasteiger charge is 2.20. The van der Waals surface area contributed by atoms with E-state index in [0.29, 0.717) is 0 Å². The molecule has 1 aliphatic rings. The number of benzene rings is 12. The number of para-hydroxylation sites is 6. The van der Waals surface area contributed by atoms with Crippen LogP contribution in [0.3, 0.4) is 0 Å². The molecular formula is C73H44BrNO2S2. The molecule has 0 radical (unpaired) electrons. The van der Waals surface area contributed by atoms with E-state index in [0.717, 1.165) is 55.1 Å². The Bertz CT molecular complexity index is 5180. The van der Waals surface area contributed by atoms with Crippen molar-refractivity contribution in [3.63, 3.8) is 0 Å². The van der Waals surface area contributed by atoms with Crippen LogP contribution in [0.1, 0.15) is 11.1 Å². The van der Waals surface area contributed by atoms with Crippen LogP contribution in [0.2, 0.25) is 0 Å². The Morgan fingerprint density at radius 3 is 1.32 bits per heavy atom. The monoisotopic (exact) mass is 1110 g/mol. The highest BCUT2D eigenvalue weighted by atomic mass is 79.9. The second-order valence-electron chi connectivity index (χ2n) is 20.3. The van der Waals surface area contributed by atoms with Gasteiger partial charge < -0.3 is 13.4 Å². The molecule has 12 aromatic carbocycles. The summed E-state index contributed by atoms with van der Waals surface area (Å²) in [6.45, 7) is 0. The number of nitrogens with zero attached hydrogens (tertiary/aromatic N) is 1. The summed E-state index contributed by atoms with van der Waals surface area (Å²) in [5.74, 6) is 0. The molecule has 5 aromatic heterocycles. The Morgan fingerprint density at radius 2 is 0.747 bits per heavy atom. The lowest BCUT2D eigenvalue weighted by atomic mass is 10.0. The van der Waals surface area contributed by atoms with Gasteiger partial charge in [0.05, 0.1) is 21.4 Å². The van der Waals surface area contributed by atoms with Crippen molar-refractivity contribution < 1.29 is 8.83 Å². The van der Waals surface area contributed by atoms with E-state index in [1.54, 1.807) is 0 Å². The van der Waals surface area contributed by atoms with Crippen molar-refractivity contribution in [1.82, 2.24) is 4.57 Å². The second kappa shape index (κ2) is 18.6. The predicted octanol–water partition coefficient (Wildman–Crippen LogP) is 22.4. The van der Waals surface area contributed by atoms with Gasteiger partial charge in [0.25, 0.3) is 0 Å². The minimum Gasteiger partial charge on any atom is -0.455 e. The molecule has 0 bridgehead atoms. The van der Waals surface area contributed by atoms with E-state index in [1.165, 1.54) is 112 Å². The average Bonchev–Trinajstić information content (AvgIpc) is 4.56. The van der Waals surface area contributed by atoms with E-state index in [4.69, 9.17) is 8.83 Å². The average molecular weight is 1110 g/mol. The van der Waals surface area contributed by atoms with E-state index in [9.17, 15) is 0 Å². The molecule has 1 aliphatic carbocycles. The summed E-state index contributed by atoms with van der Waals surface area (Å²) in [7, 11) is 0. The fraction of sp³-hybridized carbons (Fsp3) is 0.0137. The first-order valence-corrected chi connectivity index (χ1v) is 29.0. The molecule has 79 heavy (non-hydrogen) atoms. The smallest absolute Gasteiger partial charge is 0.143 e. The van der Waals surface area contributed by atoms with Crippen LogP contribution in [-0.4, -0.2) is 4.57 Å². The van der Waals surface area contributed by atoms with Crippen molar-refractivity contribution in [3.05, 3.63) is 270 Å². The molecule has 6 heteroatoms. The third-order valence-corrected chi connectivity index (χ3v) is 19.2. The Balaban J connectivity index is 0.000000112. The lowest BCUT2D eigenvalue weighted by Crippen LogP contribution is -1.93. The first-order chi connectivity index (χ1) is 39.1. The number of hydrogen-bond donors (Lipinski definition) is 0. The molecule has 0 amide bonds. The fourth-order valence-corrected chi connectivity index (χ4v) is 15.2. The molecule has 0 unspecified atom stereocenters. The van der Waals surface area contributed by atoms with Gasteiger partial charge in [0.1, 0.15) is 22.3 Å². The highest BCUT2D eigenvalue weighted by molar-refractivity contribution is 9.10. The first kappa shape index (κ1) is 46.1. The molecule has 0 fully saturated rings. The molecule has 372 valence electrons. The van der Waals surface area contributed by atoms with Crippen LogP contribution in [0.15, 0.2) is 268 Å². The Morgan fingerprint density at radius 1 is 0.329 bits per heavy atom. The van der Waals surface area contributed by atoms with Crippen LogP contribution in [0, 0.1) is 0 Å². The molecular weight excluding hydrogens is 1070 g/mol. The van der Waals surface area contributed by atoms with Crippen LogP contribution in [0.4, 0.5) is 0 Å². The molecule has 18 rings (SSSR count). The topological polar surface area (TPSA) is 31.2 Å². The number of thiophene rings is 2. The Labute approximate surface area is 470 Å². The van der Waals surface area contributed by atoms with E-state index in [1.807, 2.05) is 46.9 Å². The summed E-state index contributed by atoms with van der Waals surface area (Å²) < 4.78 is 21.4.